The van der Waals surface area contributed by atoms with Gasteiger partial charge < -0.3 is 16.0 Å². The van der Waals surface area contributed by atoms with Gasteiger partial charge in [0.15, 0.2) is 0 Å². The maximum Gasteiger partial charge on any atom is 0.255 e. The first kappa shape index (κ1) is 20.5. The highest BCUT2D eigenvalue weighted by Crippen LogP contribution is 2.39. The van der Waals surface area contributed by atoms with E-state index in [1.54, 1.807) is 0 Å². The summed E-state index contributed by atoms with van der Waals surface area (Å²) in [4.78, 5) is 29.7. The molecule has 3 N–H and O–H groups in total. The fourth-order valence-electron chi connectivity index (χ4n) is 4.25. The van der Waals surface area contributed by atoms with Gasteiger partial charge in [0.1, 0.15) is 0 Å². The Hall–Kier alpha value is -4.39. The van der Waals surface area contributed by atoms with E-state index < -0.39 is 6.04 Å². The zero-order valence-electron chi connectivity index (χ0n) is 18.3. The summed E-state index contributed by atoms with van der Waals surface area (Å²) in [6, 6.07) is 24.4. The van der Waals surface area contributed by atoms with Crippen molar-refractivity contribution in [3.8, 4) is 0 Å². The van der Waals surface area contributed by atoms with E-state index in [2.05, 4.69) is 20.5 Å². The lowest BCUT2D eigenvalue weighted by Gasteiger charge is -2.31. The van der Waals surface area contributed by atoms with Crippen molar-refractivity contribution < 1.29 is 9.59 Å². The predicted molar refractivity (Wildman–Crippen MR) is 130 cm³/mol. The Kier molecular flexibility index (Phi) is 5.14. The number of aromatic nitrogens is 2. The molecule has 0 fully saturated rings. The number of carbonyl (C=O) groups excluding carboxylic acids is 2. The summed E-state index contributed by atoms with van der Waals surface area (Å²) in [5, 5.41) is 9.13. The molecule has 0 bridgehead atoms. The van der Waals surface area contributed by atoms with Gasteiger partial charge in [-0.2, -0.15) is 0 Å². The smallest absolute Gasteiger partial charge is 0.255 e. The van der Waals surface area contributed by atoms with E-state index in [0.717, 1.165) is 28.0 Å². The van der Waals surface area contributed by atoms with Crippen LogP contribution in [0.25, 0.3) is 11.0 Å². The van der Waals surface area contributed by atoms with Gasteiger partial charge in [-0.1, -0.05) is 42.5 Å². The molecule has 33 heavy (non-hydrogen) atoms. The number of hydrogen-bond acceptors (Lipinski definition) is 4. The van der Waals surface area contributed by atoms with Gasteiger partial charge in [-0.25, -0.2) is 4.98 Å². The molecule has 1 aromatic heterocycles. The summed E-state index contributed by atoms with van der Waals surface area (Å²) in [5.41, 5.74) is 5.44. The number of carbonyl (C=O) groups is 2. The molecule has 0 unspecified atom stereocenters. The van der Waals surface area contributed by atoms with E-state index in [1.165, 1.54) is 6.92 Å². The molecule has 0 spiro atoms. The first-order chi connectivity index (χ1) is 16.0. The molecular formula is C26H23N5O2. The fraction of sp³-hybridized carbons (Fsp3) is 0.115. The molecule has 1 aliphatic heterocycles. The van der Waals surface area contributed by atoms with Crippen molar-refractivity contribution in [2.24, 2.45) is 0 Å². The van der Waals surface area contributed by atoms with Crippen molar-refractivity contribution in [2.75, 3.05) is 16.0 Å². The van der Waals surface area contributed by atoms with E-state index >= 15 is 0 Å². The first-order valence-corrected chi connectivity index (χ1v) is 10.7. The van der Waals surface area contributed by atoms with Gasteiger partial charge in [-0.3, -0.25) is 14.2 Å². The quantitative estimate of drug-likeness (QED) is 0.423. The van der Waals surface area contributed by atoms with Crippen LogP contribution in [0.15, 0.2) is 90.1 Å². The monoisotopic (exact) mass is 437 g/mol. The van der Waals surface area contributed by atoms with Crippen LogP contribution < -0.4 is 16.0 Å². The van der Waals surface area contributed by atoms with Crippen molar-refractivity contribution in [2.45, 2.75) is 19.9 Å². The Morgan fingerprint density at radius 3 is 2.27 bits per heavy atom. The number of nitrogens with zero attached hydrogens (tertiary/aromatic N) is 2. The van der Waals surface area contributed by atoms with E-state index in [4.69, 9.17) is 4.98 Å². The molecule has 4 aromatic rings. The largest absolute Gasteiger partial charge is 0.329 e. The number of fused-ring (bicyclic) bond motifs is 3. The summed E-state index contributed by atoms with van der Waals surface area (Å²) in [7, 11) is 0. The molecule has 1 atom stereocenters. The molecule has 0 saturated carbocycles. The minimum atomic E-state index is -0.399. The van der Waals surface area contributed by atoms with E-state index in [-0.39, 0.29) is 11.8 Å². The molecule has 0 aliphatic carbocycles. The highest BCUT2D eigenvalue weighted by Gasteiger charge is 2.34. The normalized spacial score (nSPS) is 15.0. The molecule has 7 heteroatoms. The van der Waals surface area contributed by atoms with Crippen LogP contribution in [0.1, 0.15) is 25.5 Å². The summed E-state index contributed by atoms with van der Waals surface area (Å²) in [5.74, 6) is 0.359. The lowest BCUT2D eigenvalue weighted by Crippen LogP contribution is -2.30. The Morgan fingerprint density at radius 2 is 1.55 bits per heavy atom. The van der Waals surface area contributed by atoms with Crippen molar-refractivity contribution >= 4 is 40.2 Å². The Balaban J connectivity index is 1.63. The number of anilines is 3. The van der Waals surface area contributed by atoms with Crippen molar-refractivity contribution in [3.05, 3.63) is 95.7 Å². The second-order valence-corrected chi connectivity index (χ2v) is 7.98. The summed E-state index contributed by atoms with van der Waals surface area (Å²) in [6.07, 6.45) is 0. The van der Waals surface area contributed by atoms with Crippen LogP contribution in [-0.4, -0.2) is 21.4 Å². The minimum Gasteiger partial charge on any atom is -0.329 e. The molecule has 5 rings (SSSR count). The average Bonchev–Trinajstić information content (AvgIpc) is 3.17. The molecule has 7 nitrogen and oxygen atoms in total. The minimum absolute atomic E-state index is 0.133. The molecular weight excluding hydrogens is 414 g/mol. The molecule has 164 valence electrons. The summed E-state index contributed by atoms with van der Waals surface area (Å²) in [6.45, 7) is 3.37. The average molecular weight is 438 g/mol. The molecule has 1 aliphatic rings. The van der Waals surface area contributed by atoms with Crippen molar-refractivity contribution in [1.29, 1.82) is 0 Å². The second-order valence-electron chi connectivity index (χ2n) is 7.98. The zero-order valence-corrected chi connectivity index (χ0v) is 18.3. The van der Waals surface area contributed by atoms with E-state index in [0.29, 0.717) is 17.2 Å². The molecule has 0 saturated heterocycles. The van der Waals surface area contributed by atoms with Crippen LogP contribution in [-0.2, 0) is 9.59 Å². The summed E-state index contributed by atoms with van der Waals surface area (Å²) < 4.78 is 2.05. The maximum atomic E-state index is 13.5. The fourth-order valence-corrected chi connectivity index (χ4v) is 4.25. The third-order valence-corrected chi connectivity index (χ3v) is 5.65. The van der Waals surface area contributed by atoms with Crippen LogP contribution in [0.3, 0.4) is 0 Å². The SMILES string of the molecule is CC(=O)Nc1ccc([C@H]2C(C(=O)Nc3ccccc3)=C(C)Nc3nc4ccccc4n32)cc1. The molecule has 0 radical (unpaired) electrons. The van der Waals surface area contributed by atoms with Gasteiger partial charge in [-0.15, -0.1) is 0 Å². The van der Waals surface area contributed by atoms with Crippen LogP contribution >= 0.6 is 0 Å². The van der Waals surface area contributed by atoms with E-state index in [9.17, 15) is 9.59 Å². The number of amides is 2. The van der Waals surface area contributed by atoms with Crippen molar-refractivity contribution in [1.82, 2.24) is 9.55 Å². The highest BCUT2D eigenvalue weighted by molar-refractivity contribution is 6.06. The van der Waals surface area contributed by atoms with Gasteiger partial charge in [-0.05, 0) is 48.9 Å². The third kappa shape index (κ3) is 3.85. The number of imidazole rings is 1. The van der Waals surface area contributed by atoms with Gasteiger partial charge in [0.25, 0.3) is 5.91 Å². The molecule has 2 heterocycles. The van der Waals surface area contributed by atoms with Gasteiger partial charge in [0.05, 0.1) is 22.6 Å². The van der Waals surface area contributed by atoms with Crippen molar-refractivity contribution in [3.63, 3.8) is 0 Å². The Labute approximate surface area is 191 Å². The number of allylic oxidation sites excluding steroid dienone is 1. The number of benzene rings is 3. The zero-order chi connectivity index (χ0) is 22.9. The third-order valence-electron chi connectivity index (χ3n) is 5.65. The standard InChI is InChI=1S/C26H23N5O2/c1-16-23(25(33)29-19-8-4-3-5-9-19)24(18-12-14-20(15-13-18)28-17(2)32)31-22-11-7-6-10-21(22)30-26(31)27-16/h3-15,24H,1-2H3,(H,27,30)(H,28,32)(H,29,33)/t24-/m0/s1. The molecule has 3 aromatic carbocycles. The number of hydrogen-bond donors (Lipinski definition) is 3. The van der Waals surface area contributed by atoms with Crippen LogP contribution in [0.2, 0.25) is 0 Å². The first-order valence-electron chi connectivity index (χ1n) is 10.7. The molecule has 2 amide bonds. The lowest BCUT2D eigenvalue weighted by molar-refractivity contribution is -0.114. The maximum absolute atomic E-state index is 13.5. The van der Waals surface area contributed by atoms with Gasteiger partial charge >= 0.3 is 0 Å². The highest BCUT2D eigenvalue weighted by atomic mass is 16.2. The number of para-hydroxylation sites is 3. The van der Waals surface area contributed by atoms with Gasteiger partial charge in [0.2, 0.25) is 11.9 Å². The Bertz CT molecular complexity index is 1390. The van der Waals surface area contributed by atoms with Crippen LogP contribution in [0.4, 0.5) is 17.3 Å². The van der Waals surface area contributed by atoms with Crippen LogP contribution in [0, 0.1) is 0 Å². The lowest BCUT2D eigenvalue weighted by atomic mass is 9.94. The topological polar surface area (TPSA) is 88.1 Å². The number of rotatable bonds is 4. The van der Waals surface area contributed by atoms with E-state index in [1.807, 2.05) is 85.8 Å². The predicted octanol–water partition coefficient (Wildman–Crippen LogP) is 4.92. The second kappa shape index (κ2) is 8.27. The number of nitrogens with one attached hydrogen (secondary N) is 3. The Morgan fingerprint density at radius 1 is 0.879 bits per heavy atom. The van der Waals surface area contributed by atoms with Crippen LogP contribution in [0.5, 0.6) is 0 Å². The summed E-state index contributed by atoms with van der Waals surface area (Å²) >= 11 is 0. The van der Waals surface area contributed by atoms with Gasteiger partial charge in [0, 0.05) is 24.0 Å².